The van der Waals surface area contributed by atoms with Crippen LogP contribution in [-0.2, 0) is 9.53 Å². The summed E-state index contributed by atoms with van der Waals surface area (Å²) in [6.45, 7) is 6.61. The Kier molecular flexibility index (Phi) is 6.24. The van der Waals surface area contributed by atoms with Crippen molar-refractivity contribution in [1.29, 1.82) is 0 Å². The molecule has 2 aromatic rings. The lowest BCUT2D eigenvalue weighted by Crippen LogP contribution is -2.36. The molecular weight excluding hydrogens is 310 g/mol. The number of benzene rings is 1. The highest BCUT2D eigenvalue weighted by atomic mass is 32.2. The molecule has 1 unspecified atom stereocenters. The number of carbonyl (C=O) groups excluding carboxylic acids is 1. The van der Waals surface area contributed by atoms with Gasteiger partial charge >= 0.3 is 0 Å². The molecule has 0 saturated carbocycles. The summed E-state index contributed by atoms with van der Waals surface area (Å²) in [6, 6.07) is 6.19. The summed E-state index contributed by atoms with van der Waals surface area (Å²) in [4.78, 5) is 16.3. The summed E-state index contributed by atoms with van der Waals surface area (Å²) >= 11 is 1.43. The number of aromatic nitrogens is 2. The summed E-state index contributed by atoms with van der Waals surface area (Å²) < 4.78 is 7.04. The van der Waals surface area contributed by atoms with Crippen LogP contribution in [0.2, 0.25) is 0 Å². The Balaban J connectivity index is 2.04. The van der Waals surface area contributed by atoms with E-state index in [4.69, 9.17) is 4.74 Å². The first-order valence-electron chi connectivity index (χ1n) is 7.54. The van der Waals surface area contributed by atoms with Crippen molar-refractivity contribution in [1.82, 2.24) is 14.9 Å². The molecule has 1 aromatic carbocycles. The molecule has 0 radical (unpaired) electrons. The Morgan fingerprint density at radius 3 is 2.96 bits per heavy atom. The molecule has 0 fully saturated rings. The molecule has 1 atom stereocenters. The van der Waals surface area contributed by atoms with Gasteiger partial charge in [0.05, 0.1) is 18.0 Å². The number of hydrogen-bond donors (Lipinski definition) is 1. The number of thioether (sulfide) groups is 1. The predicted octanol–water partition coefficient (Wildman–Crippen LogP) is 2.73. The van der Waals surface area contributed by atoms with Crippen LogP contribution in [0.15, 0.2) is 35.7 Å². The minimum Gasteiger partial charge on any atom is -0.383 e. The molecule has 0 aliphatic rings. The van der Waals surface area contributed by atoms with Gasteiger partial charge in [0.25, 0.3) is 0 Å². The van der Waals surface area contributed by atoms with E-state index in [1.807, 2.05) is 23.8 Å². The van der Waals surface area contributed by atoms with Gasteiger partial charge < -0.3 is 10.1 Å². The molecule has 1 aromatic heterocycles. The van der Waals surface area contributed by atoms with E-state index in [2.05, 4.69) is 36.3 Å². The molecule has 5 nitrogen and oxygen atoms in total. The number of amides is 1. The first-order valence-corrected chi connectivity index (χ1v) is 8.52. The largest absolute Gasteiger partial charge is 0.383 e. The van der Waals surface area contributed by atoms with Crippen LogP contribution in [0.3, 0.4) is 0 Å². The van der Waals surface area contributed by atoms with Crippen molar-refractivity contribution in [3.63, 3.8) is 0 Å². The molecular formula is C17H23N3O2S. The fourth-order valence-corrected chi connectivity index (χ4v) is 3.09. The molecule has 2 rings (SSSR count). The summed E-state index contributed by atoms with van der Waals surface area (Å²) in [6.07, 6.45) is 3.69. The molecule has 0 saturated heterocycles. The van der Waals surface area contributed by atoms with Gasteiger partial charge in [0.1, 0.15) is 0 Å². The van der Waals surface area contributed by atoms with Gasteiger partial charge in [-0.05, 0) is 38.0 Å². The topological polar surface area (TPSA) is 56.1 Å². The van der Waals surface area contributed by atoms with Gasteiger partial charge in [-0.15, -0.1) is 0 Å². The lowest BCUT2D eigenvalue weighted by molar-refractivity contribution is -0.119. The van der Waals surface area contributed by atoms with E-state index in [-0.39, 0.29) is 11.9 Å². The van der Waals surface area contributed by atoms with Crippen LogP contribution >= 0.6 is 11.8 Å². The number of nitrogens with one attached hydrogen (secondary N) is 1. The van der Waals surface area contributed by atoms with Crippen LogP contribution in [0.25, 0.3) is 5.69 Å². The third kappa shape index (κ3) is 4.59. The van der Waals surface area contributed by atoms with Crippen molar-refractivity contribution in [2.24, 2.45) is 0 Å². The number of ether oxygens (including phenoxy) is 1. The summed E-state index contributed by atoms with van der Waals surface area (Å²) in [5.74, 6) is 0.311. The van der Waals surface area contributed by atoms with Crippen LogP contribution < -0.4 is 5.32 Å². The van der Waals surface area contributed by atoms with Crippen molar-refractivity contribution in [3.05, 3.63) is 41.7 Å². The van der Waals surface area contributed by atoms with Gasteiger partial charge in [0.2, 0.25) is 5.91 Å². The fraction of sp³-hybridized carbons (Fsp3) is 0.412. The predicted molar refractivity (Wildman–Crippen MR) is 93.2 cm³/mol. The maximum atomic E-state index is 12.0. The minimum absolute atomic E-state index is 0.00635. The molecule has 0 spiro atoms. The average Bonchev–Trinajstić information content (AvgIpc) is 2.96. The van der Waals surface area contributed by atoms with Crippen LogP contribution in [-0.4, -0.2) is 41.0 Å². The molecule has 6 heteroatoms. The van der Waals surface area contributed by atoms with Gasteiger partial charge in [-0.25, -0.2) is 4.98 Å². The molecule has 124 valence electrons. The SMILES string of the molecule is COCC(C)NC(=O)CSc1nccn1-c1cccc(C)c1C. The van der Waals surface area contributed by atoms with Gasteiger partial charge in [0.15, 0.2) is 5.16 Å². The van der Waals surface area contributed by atoms with Crippen LogP contribution in [0.5, 0.6) is 0 Å². The molecule has 1 heterocycles. The number of hydrogen-bond acceptors (Lipinski definition) is 4. The van der Waals surface area contributed by atoms with E-state index in [1.165, 1.54) is 22.9 Å². The highest BCUT2D eigenvalue weighted by Gasteiger charge is 2.12. The Labute approximate surface area is 141 Å². The molecule has 1 N–H and O–H groups in total. The average molecular weight is 333 g/mol. The van der Waals surface area contributed by atoms with Gasteiger partial charge in [-0.3, -0.25) is 9.36 Å². The first-order chi connectivity index (χ1) is 11.0. The maximum absolute atomic E-state index is 12.0. The standard InChI is InChI=1S/C17H23N3O2S/c1-12-6-5-7-15(14(12)3)20-9-8-18-17(20)23-11-16(21)19-13(2)10-22-4/h5-9,13H,10-11H2,1-4H3,(H,19,21). The zero-order valence-electron chi connectivity index (χ0n) is 14.0. The van der Waals surface area contributed by atoms with E-state index in [9.17, 15) is 4.79 Å². The maximum Gasteiger partial charge on any atom is 0.230 e. The zero-order valence-corrected chi connectivity index (χ0v) is 14.8. The minimum atomic E-state index is -0.0185. The Morgan fingerprint density at radius 1 is 1.43 bits per heavy atom. The van der Waals surface area contributed by atoms with E-state index in [0.717, 1.165) is 10.8 Å². The van der Waals surface area contributed by atoms with Crippen molar-refractivity contribution in [3.8, 4) is 5.69 Å². The third-order valence-corrected chi connectivity index (χ3v) is 4.57. The lowest BCUT2D eigenvalue weighted by atomic mass is 10.1. The smallest absolute Gasteiger partial charge is 0.230 e. The molecule has 1 amide bonds. The molecule has 0 bridgehead atoms. The van der Waals surface area contributed by atoms with Crippen molar-refractivity contribution < 1.29 is 9.53 Å². The third-order valence-electron chi connectivity index (χ3n) is 3.60. The molecule has 23 heavy (non-hydrogen) atoms. The number of methoxy groups -OCH3 is 1. The summed E-state index contributed by atoms with van der Waals surface area (Å²) in [7, 11) is 1.62. The zero-order chi connectivity index (χ0) is 16.8. The number of carbonyl (C=O) groups is 1. The Bertz CT molecular complexity index is 670. The second-order valence-electron chi connectivity index (χ2n) is 5.51. The van der Waals surface area contributed by atoms with E-state index >= 15 is 0 Å². The monoisotopic (exact) mass is 333 g/mol. The van der Waals surface area contributed by atoms with Crippen LogP contribution in [0.4, 0.5) is 0 Å². The van der Waals surface area contributed by atoms with Crippen molar-refractivity contribution in [2.75, 3.05) is 19.5 Å². The quantitative estimate of drug-likeness (QED) is 0.792. The van der Waals surface area contributed by atoms with E-state index in [1.54, 1.807) is 13.3 Å². The van der Waals surface area contributed by atoms with Crippen LogP contribution in [0.1, 0.15) is 18.1 Å². The number of aryl methyl sites for hydroxylation is 1. The second-order valence-corrected chi connectivity index (χ2v) is 6.45. The molecule has 0 aliphatic carbocycles. The number of rotatable bonds is 7. The van der Waals surface area contributed by atoms with Crippen molar-refractivity contribution in [2.45, 2.75) is 32.0 Å². The Hall–Kier alpha value is -1.79. The highest BCUT2D eigenvalue weighted by Crippen LogP contribution is 2.24. The van der Waals surface area contributed by atoms with Crippen LogP contribution in [0, 0.1) is 13.8 Å². The summed E-state index contributed by atoms with van der Waals surface area (Å²) in [5, 5.41) is 3.71. The Morgan fingerprint density at radius 2 is 2.22 bits per heavy atom. The first kappa shape index (κ1) is 17.6. The highest BCUT2D eigenvalue weighted by molar-refractivity contribution is 7.99. The van der Waals surface area contributed by atoms with Gasteiger partial charge in [0, 0.05) is 25.5 Å². The second kappa shape index (κ2) is 8.17. The lowest BCUT2D eigenvalue weighted by Gasteiger charge is -2.14. The normalized spacial score (nSPS) is 12.2. The van der Waals surface area contributed by atoms with E-state index < -0.39 is 0 Å². The summed E-state index contributed by atoms with van der Waals surface area (Å²) in [5.41, 5.74) is 3.54. The van der Waals surface area contributed by atoms with Crippen molar-refractivity contribution >= 4 is 17.7 Å². The van der Waals surface area contributed by atoms with Gasteiger partial charge in [-0.2, -0.15) is 0 Å². The molecule has 0 aliphatic heterocycles. The number of imidazole rings is 1. The fourth-order valence-electron chi connectivity index (χ4n) is 2.31. The number of nitrogens with zero attached hydrogens (tertiary/aromatic N) is 2. The van der Waals surface area contributed by atoms with E-state index in [0.29, 0.717) is 12.4 Å². The van der Waals surface area contributed by atoms with Gasteiger partial charge in [-0.1, -0.05) is 23.9 Å².